The zero-order valence-corrected chi connectivity index (χ0v) is 20.0. The lowest BCUT2D eigenvalue weighted by molar-refractivity contribution is -0.140. The SMILES string of the molecule is CCOc1cc(C2/C(=C(/O)c3ccc(Cl)cc3)C(=O)C(=O)N2Cc2ccccc2OC)ccc1O. The summed E-state index contributed by atoms with van der Waals surface area (Å²) in [6.07, 6.45) is 0. The molecule has 180 valence electrons. The van der Waals surface area contributed by atoms with Crippen molar-refractivity contribution in [3.8, 4) is 17.2 Å². The number of para-hydroxylation sites is 1. The molecule has 1 heterocycles. The van der Waals surface area contributed by atoms with Crippen LogP contribution in [0.25, 0.3) is 5.76 Å². The first kappa shape index (κ1) is 24.2. The molecule has 3 aromatic rings. The minimum Gasteiger partial charge on any atom is -0.507 e. The van der Waals surface area contributed by atoms with Crippen molar-refractivity contribution in [1.29, 1.82) is 0 Å². The summed E-state index contributed by atoms with van der Waals surface area (Å²) in [6, 6.07) is 17.2. The van der Waals surface area contributed by atoms with E-state index in [9.17, 15) is 19.8 Å². The number of rotatable bonds is 7. The van der Waals surface area contributed by atoms with Gasteiger partial charge in [0.25, 0.3) is 11.7 Å². The number of ether oxygens (including phenoxy) is 2. The number of carbonyl (C=O) groups is 2. The second kappa shape index (κ2) is 10.1. The van der Waals surface area contributed by atoms with Crippen molar-refractivity contribution >= 4 is 29.1 Å². The van der Waals surface area contributed by atoms with Gasteiger partial charge in [0.2, 0.25) is 0 Å². The first-order valence-electron chi connectivity index (χ1n) is 11.0. The standard InChI is InChI=1S/C27H24ClNO6/c1-3-35-22-14-17(10-13-20(22)30)24-23(25(31)16-8-11-19(28)12-9-16)26(32)27(33)29(24)15-18-6-4-5-7-21(18)34-2/h4-14,24,30-31H,3,15H2,1-2H3/b25-23-. The first-order valence-corrected chi connectivity index (χ1v) is 11.4. The summed E-state index contributed by atoms with van der Waals surface area (Å²) >= 11 is 5.98. The van der Waals surface area contributed by atoms with E-state index in [4.69, 9.17) is 21.1 Å². The number of hydrogen-bond donors (Lipinski definition) is 2. The number of phenols is 1. The van der Waals surface area contributed by atoms with Crippen LogP contribution in [0.2, 0.25) is 5.02 Å². The van der Waals surface area contributed by atoms with E-state index in [0.717, 1.165) is 0 Å². The molecule has 1 unspecified atom stereocenters. The van der Waals surface area contributed by atoms with E-state index >= 15 is 0 Å². The summed E-state index contributed by atoms with van der Waals surface area (Å²) in [6.45, 7) is 2.14. The van der Waals surface area contributed by atoms with Crippen molar-refractivity contribution in [2.75, 3.05) is 13.7 Å². The van der Waals surface area contributed by atoms with Gasteiger partial charge >= 0.3 is 0 Å². The predicted molar refractivity (Wildman–Crippen MR) is 132 cm³/mol. The predicted octanol–water partition coefficient (Wildman–Crippen LogP) is 5.07. The average Bonchev–Trinajstić information content (AvgIpc) is 3.11. The molecule has 8 heteroatoms. The van der Waals surface area contributed by atoms with E-state index in [1.54, 1.807) is 55.5 Å². The third-order valence-electron chi connectivity index (χ3n) is 5.79. The maximum atomic E-state index is 13.3. The van der Waals surface area contributed by atoms with E-state index < -0.39 is 17.7 Å². The van der Waals surface area contributed by atoms with E-state index in [1.807, 2.05) is 12.1 Å². The number of carbonyl (C=O) groups excluding carboxylic acids is 2. The summed E-state index contributed by atoms with van der Waals surface area (Å²) < 4.78 is 11.0. The smallest absolute Gasteiger partial charge is 0.295 e. The number of aliphatic hydroxyl groups excluding tert-OH is 1. The number of benzene rings is 3. The minimum atomic E-state index is -0.935. The molecular weight excluding hydrogens is 470 g/mol. The molecule has 0 saturated carbocycles. The van der Waals surface area contributed by atoms with Crippen LogP contribution < -0.4 is 9.47 Å². The summed E-state index contributed by atoms with van der Waals surface area (Å²) in [5, 5.41) is 21.8. The van der Waals surface area contributed by atoms with Gasteiger partial charge in [-0.2, -0.15) is 0 Å². The van der Waals surface area contributed by atoms with Crippen molar-refractivity contribution in [3.63, 3.8) is 0 Å². The molecule has 0 bridgehead atoms. The molecule has 3 aromatic carbocycles. The van der Waals surface area contributed by atoms with E-state index in [-0.39, 0.29) is 29.4 Å². The number of Topliss-reactive ketones (excluding diaryl/α,β-unsaturated/α-hetero) is 1. The van der Waals surface area contributed by atoms with Crippen LogP contribution in [0.4, 0.5) is 0 Å². The molecule has 2 N–H and O–H groups in total. The maximum Gasteiger partial charge on any atom is 0.295 e. The van der Waals surface area contributed by atoms with Crippen LogP contribution in [0.5, 0.6) is 17.2 Å². The highest BCUT2D eigenvalue weighted by Gasteiger charge is 2.46. The first-order chi connectivity index (χ1) is 16.8. The molecule has 1 atom stereocenters. The number of phenolic OH excluding ortho intramolecular Hbond substituents is 1. The van der Waals surface area contributed by atoms with E-state index in [1.165, 1.54) is 18.1 Å². The van der Waals surface area contributed by atoms with Crippen LogP contribution in [0, 0.1) is 0 Å². The topological polar surface area (TPSA) is 96.3 Å². The fourth-order valence-electron chi connectivity index (χ4n) is 4.14. The Kier molecular flexibility index (Phi) is 6.98. The van der Waals surface area contributed by atoms with Gasteiger partial charge in [-0.15, -0.1) is 0 Å². The minimum absolute atomic E-state index is 0.0570. The van der Waals surface area contributed by atoms with Gasteiger partial charge in [-0.05, 0) is 55.0 Å². The lowest BCUT2D eigenvalue weighted by Crippen LogP contribution is -2.29. The Labute approximate surface area is 207 Å². The molecule has 35 heavy (non-hydrogen) atoms. The van der Waals surface area contributed by atoms with Crippen molar-refractivity contribution in [2.45, 2.75) is 19.5 Å². The number of ketones is 1. The number of hydrogen-bond acceptors (Lipinski definition) is 6. The molecule has 0 aromatic heterocycles. The third-order valence-corrected chi connectivity index (χ3v) is 6.04. The zero-order valence-electron chi connectivity index (χ0n) is 19.2. The lowest BCUT2D eigenvalue weighted by Gasteiger charge is -2.26. The van der Waals surface area contributed by atoms with Crippen molar-refractivity contribution in [1.82, 2.24) is 4.90 Å². The summed E-state index contributed by atoms with van der Waals surface area (Å²) in [7, 11) is 1.53. The van der Waals surface area contributed by atoms with Gasteiger partial charge < -0.3 is 24.6 Å². The van der Waals surface area contributed by atoms with Crippen LogP contribution in [0.3, 0.4) is 0 Å². The number of likely N-dealkylation sites (tertiary alicyclic amines) is 1. The molecule has 1 aliphatic heterocycles. The lowest BCUT2D eigenvalue weighted by atomic mass is 9.94. The molecule has 1 amide bonds. The van der Waals surface area contributed by atoms with Gasteiger partial charge in [0.15, 0.2) is 11.5 Å². The highest BCUT2D eigenvalue weighted by atomic mass is 35.5. The number of halogens is 1. The van der Waals surface area contributed by atoms with Crippen LogP contribution in [-0.2, 0) is 16.1 Å². The second-order valence-electron chi connectivity index (χ2n) is 7.91. The van der Waals surface area contributed by atoms with E-state index in [0.29, 0.717) is 34.1 Å². The molecule has 1 saturated heterocycles. The van der Waals surface area contributed by atoms with Gasteiger partial charge in [-0.25, -0.2) is 0 Å². The van der Waals surface area contributed by atoms with Crippen molar-refractivity contribution in [3.05, 3.63) is 94.0 Å². The molecule has 1 aliphatic rings. The van der Waals surface area contributed by atoms with Crippen LogP contribution >= 0.6 is 11.6 Å². The van der Waals surface area contributed by atoms with Crippen LogP contribution in [-0.4, -0.2) is 40.5 Å². The third kappa shape index (κ3) is 4.68. The van der Waals surface area contributed by atoms with E-state index in [2.05, 4.69) is 0 Å². The van der Waals surface area contributed by atoms with Gasteiger partial charge in [-0.1, -0.05) is 35.9 Å². The molecule has 0 spiro atoms. The quantitative estimate of drug-likeness (QED) is 0.271. The fourth-order valence-corrected chi connectivity index (χ4v) is 4.27. The van der Waals surface area contributed by atoms with Crippen LogP contribution in [0.1, 0.15) is 29.7 Å². The Hall–Kier alpha value is -3.97. The highest BCUT2D eigenvalue weighted by molar-refractivity contribution is 6.46. The molecule has 7 nitrogen and oxygen atoms in total. The number of aliphatic hydroxyl groups is 1. The Morgan fingerprint density at radius 2 is 1.74 bits per heavy atom. The zero-order chi connectivity index (χ0) is 25.1. The van der Waals surface area contributed by atoms with Gasteiger partial charge in [0.05, 0.1) is 31.9 Å². The van der Waals surface area contributed by atoms with Crippen molar-refractivity contribution in [2.24, 2.45) is 0 Å². The molecule has 0 radical (unpaired) electrons. The molecule has 0 aliphatic carbocycles. The number of aromatic hydroxyl groups is 1. The number of amides is 1. The van der Waals surface area contributed by atoms with Crippen molar-refractivity contribution < 1.29 is 29.3 Å². The van der Waals surface area contributed by atoms with Crippen LogP contribution in [0.15, 0.2) is 72.3 Å². The Balaban J connectivity index is 1.89. The Morgan fingerprint density at radius 1 is 1.03 bits per heavy atom. The number of methoxy groups -OCH3 is 1. The maximum absolute atomic E-state index is 13.3. The molecule has 1 fully saturated rings. The Bertz CT molecular complexity index is 1300. The summed E-state index contributed by atoms with van der Waals surface area (Å²) in [4.78, 5) is 27.9. The fraction of sp³-hybridized carbons (Fsp3) is 0.185. The summed E-state index contributed by atoms with van der Waals surface area (Å²) in [5.41, 5.74) is 1.46. The highest BCUT2D eigenvalue weighted by Crippen LogP contribution is 2.43. The van der Waals surface area contributed by atoms with Gasteiger partial charge in [0, 0.05) is 16.1 Å². The molecular formula is C27H24ClNO6. The van der Waals surface area contributed by atoms with Gasteiger partial charge in [0.1, 0.15) is 11.5 Å². The number of nitrogens with zero attached hydrogens (tertiary/aromatic N) is 1. The monoisotopic (exact) mass is 493 g/mol. The normalized spacial score (nSPS) is 17.0. The summed E-state index contributed by atoms with van der Waals surface area (Å²) in [5.74, 6) is -1.20. The molecule has 4 rings (SSSR count). The largest absolute Gasteiger partial charge is 0.507 e. The van der Waals surface area contributed by atoms with Gasteiger partial charge in [-0.3, -0.25) is 9.59 Å². The Morgan fingerprint density at radius 3 is 2.43 bits per heavy atom. The average molecular weight is 494 g/mol. The second-order valence-corrected chi connectivity index (χ2v) is 8.34.